The molecule has 126 valence electrons. The van der Waals surface area contributed by atoms with Gasteiger partial charge in [-0.15, -0.1) is 0 Å². The van der Waals surface area contributed by atoms with Crippen LogP contribution < -0.4 is 0 Å². The van der Waals surface area contributed by atoms with Crippen molar-refractivity contribution in [3.63, 3.8) is 0 Å². The summed E-state index contributed by atoms with van der Waals surface area (Å²) in [7, 11) is -1.76. The van der Waals surface area contributed by atoms with Gasteiger partial charge < -0.3 is 9.53 Å². The molecule has 0 amide bonds. The second-order valence-electron chi connectivity index (χ2n) is 7.03. The average molecular weight is 317 g/mol. The van der Waals surface area contributed by atoms with Gasteiger partial charge in [0, 0.05) is 0 Å². The lowest BCUT2D eigenvalue weighted by Crippen LogP contribution is -2.36. The van der Waals surface area contributed by atoms with Crippen molar-refractivity contribution in [3.8, 4) is 0 Å². The lowest BCUT2D eigenvalue weighted by molar-refractivity contribution is -0.145. The fourth-order valence-corrected chi connectivity index (χ4v) is 3.55. The summed E-state index contributed by atoms with van der Waals surface area (Å²) in [6, 6.07) is 0. The van der Waals surface area contributed by atoms with E-state index in [1.54, 1.807) is 0 Å². The molecule has 0 rings (SSSR count). The normalized spacial score (nSPS) is 13.3. The fourth-order valence-electron chi connectivity index (χ4n) is 2.48. The number of carboxylic acid groups (broad SMARTS) is 1. The molecule has 0 aliphatic heterocycles. The summed E-state index contributed by atoms with van der Waals surface area (Å²) in [6.07, 6.45) is 12.8. The Morgan fingerprint density at radius 3 is 1.71 bits per heavy atom. The van der Waals surface area contributed by atoms with Crippen molar-refractivity contribution in [1.82, 2.24) is 0 Å². The van der Waals surface area contributed by atoms with Gasteiger partial charge in [-0.25, -0.2) is 4.79 Å². The van der Waals surface area contributed by atoms with Gasteiger partial charge in [0.05, 0.1) is 0 Å². The molecule has 0 aliphatic carbocycles. The molecule has 1 N–H and O–H groups in total. The van der Waals surface area contributed by atoms with Crippen molar-refractivity contribution in [2.75, 3.05) is 0 Å². The zero-order valence-electron chi connectivity index (χ0n) is 14.6. The molecule has 0 aliphatic rings. The molecule has 0 fully saturated rings. The van der Waals surface area contributed by atoms with Crippen molar-refractivity contribution in [1.29, 1.82) is 0 Å². The molecule has 0 bridgehead atoms. The first kappa shape index (κ1) is 20.6. The summed E-state index contributed by atoms with van der Waals surface area (Å²) in [5.74, 6) is -0.798. The molecular weight excluding hydrogens is 280 g/mol. The maximum atomic E-state index is 11.2. The smallest absolute Gasteiger partial charge is 0.331 e. The van der Waals surface area contributed by atoms with Crippen LogP contribution in [0.4, 0.5) is 0 Å². The van der Waals surface area contributed by atoms with E-state index in [2.05, 4.69) is 6.92 Å². The Morgan fingerprint density at radius 2 is 1.33 bits per heavy atom. The SMILES string of the molecule is CCCCCCCCCCCCC(O[Si](C)(C)C)C(=O)O. The van der Waals surface area contributed by atoms with Crippen LogP contribution in [0.1, 0.15) is 77.6 Å². The molecule has 0 saturated carbocycles. The number of carbonyl (C=O) groups is 1. The average Bonchev–Trinajstić information content (AvgIpc) is 2.38. The minimum Gasteiger partial charge on any atom is -0.479 e. The maximum Gasteiger partial charge on any atom is 0.331 e. The number of aliphatic carboxylic acids is 1. The quantitative estimate of drug-likeness (QED) is 0.335. The van der Waals surface area contributed by atoms with E-state index < -0.39 is 20.4 Å². The van der Waals surface area contributed by atoms with Crippen LogP contribution in [0.3, 0.4) is 0 Å². The molecule has 1 unspecified atom stereocenters. The van der Waals surface area contributed by atoms with Crippen LogP contribution in [0.25, 0.3) is 0 Å². The molecule has 1 atom stereocenters. The largest absolute Gasteiger partial charge is 0.479 e. The van der Waals surface area contributed by atoms with Crippen LogP contribution in [-0.2, 0) is 9.22 Å². The predicted octanol–water partition coefficient (Wildman–Crippen LogP) is 5.60. The van der Waals surface area contributed by atoms with E-state index in [1.807, 2.05) is 19.6 Å². The van der Waals surface area contributed by atoms with E-state index in [9.17, 15) is 9.90 Å². The Bertz CT molecular complexity index is 261. The van der Waals surface area contributed by atoms with Gasteiger partial charge in [0.25, 0.3) is 0 Å². The first-order valence-corrected chi connectivity index (χ1v) is 12.2. The van der Waals surface area contributed by atoms with E-state index in [4.69, 9.17) is 4.43 Å². The highest BCUT2D eigenvalue weighted by Crippen LogP contribution is 2.16. The van der Waals surface area contributed by atoms with Crippen LogP contribution in [-0.4, -0.2) is 25.5 Å². The van der Waals surface area contributed by atoms with Crippen LogP contribution in [0.2, 0.25) is 19.6 Å². The van der Waals surface area contributed by atoms with Crippen molar-refractivity contribution < 1.29 is 14.3 Å². The van der Waals surface area contributed by atoms with E-state index in [-0.39, 0.29) is 0 Å². The van der Waals surface area contributed by atoms with Gasteiger partial charge in [-0.2, -0.15) is 0 Å². The minimum absolute atomic E-state index is 0.592. The van der Waals surface area contributed by atoms with Crippen molar-refractivity contribution >= 4 is 14.3 Å². The number of unbranched alkanes of at least 4 members (excludes halogenated alkanes) is 9. The summed E-state index contributed by atoms with van der Waals surface area (Å²) < 4.78 is 5.72. The van der Waals surface area contributed by atoms with Gasteiger partial charge in [-0.3, -0.25) is 0 Å². The molecule has 4 heteroatoms. The molecule has 0 spiro atoms. The molecule has 0 heterocycles. The van der Waals surface area contributed by atoms with Gasteiger partial charge in [-0.1, -0.05) is 71.1 Å². The summed E-state index contributed by atoms with van der Waals surface area (Å²) in [4.78, 5) is 11.2. The first-order valence-electron chi connectivity index (χ1n) is 8.77. The molecule has 0 saturated heterocycles. The fraction of sp³-hybridized carbons (Fsp3) is 0.941. The molecule has 3 nitrogen and oxygen atoms in total. The number of hydrogen-bond donors (Lipinski definition) is 1. The highest BCUT2D eigenvalue weighted by Gasteiger charge is 2.25. The highest BCUT2D eigenvalue weighted by molar-refractivity contribution is 6.69. The minimum atomic E-state index is -1.76. The topological polar surface area (TPSA) is 46.5 Å². The van der Waals surface area contributed by atoms with E-state index in [0.717, 1.165) is 12.8 Å². The van der Waals surface area contributed by atoms with Crippen LogP contribution >= 0.6 is 0 Å². The summed E-state index contributed by atoms with van der Waals surface area (Å²) >= 11 is 0. The van der Waals surface area contributed by atoms with Crippen molar-refractivity contribution in [2.24, 2.45) is 0 Å². The monoisotopic (exact) mass is 316 g/mol. The predicted molar refractivity (Wildman–Crippen MR) is 92.3 cm³/mol. The lowest BCUT2D eigenvalue weighted by Gasteiger charge is -2.23. The number of rotatable bonds is 14. The van der Waals surface area contributed by atoms with E-state index >= 15 is 0 Å². The Labute approximate surface area is 132 Å². The Hall–Kier alpha value is -0.353. The second-order valence-corrected chi connectivity index (χ2v) is 11.5. The van der Waals surface area contributed by atoms with Crippen LogP contribution in [0, 0.1) is 0 Å². The van der Waals surface area contributed by atoms with Gasteiger partial charge in [0.1, 0.15) is 6.10 Å². The van der Waals surface area contributed by atoms with E-state index in [0.29, 0.717) is 6.42 Å². The third kappa shape index (κ3) is 14.4. The van der Waals surface area contributed by atoms with Gasteiger partial charge in [0.2, 0.25) is 0 Å². The summed E-state index contributed by atoms with van der Waals surface area (Å²) in [5.41, 5.74) is 0. The lowest BCUT2D eigenvalue weighted by atomic mass is 10.0. The van der Waals surface area contributed by atoms with E-state index in [1.165, 1.54) is 51.4 Å². The zero-order valence-corrected chi connectivity index (χ0v) is 15.6. The molecule has 21 heavy (non-hydrogen) atoms. The second kappa shape index (κ2) is 12.2. The van der Waals surface area contributed by atoms with Gasteiger partial charge >= 0.3 is 5.97 Å². The van der Waals surface area contributed by atoms with Gasteiger partial charge in [0.15, 0.2) is 8.32 Å². The first-order chi connectivity index (χ1) is 9.87. The Balaban J connectivity index is 3.53. The Morgan fingerprint density at radius 1 is 0.905 bits per heavy atom. The number of carboxylic acids is 1. The third-order valence-electron chi connectivity index (χ3n) is 3.59. The van der Waals surface area contributed by atoms with Crippen molar-refractivity contribution in [2.45, 2.75) is 103 Å². The maximum absolute atomic E-state index is 11.2. The number of hydrogen-bond acceptors (Lipinski definition) is 2. The summed E-state index contributed by atoms with van der Waals surface area (Å²) in [5, 5.41) is 9.18. The summed E-state index contributed by atoms with van der Waals surface area (Å²) in [6.45, 7) is 8.38. The molecule has 0 aromatic heterocycles. The standard InChI is InChI=1S/C17H36O3Si/c1-5-6-7-8-9-10-11-12-13-14-15-16(17(18)19)20-21(2,3)4/h16H,5-15H2,1-4H3,(H,18,19). The Kier molecular flexibility index (Phi) is 12.0. The molecular formula is C17H36O3Si. The molecule has 0 radical (unpaired) electrons. The van der Waals surface area contributed by atoms with Crippen LogP contribution in [0.15, 0.2) is 0 Å². The van der Waals surface area contributed by atoms with Crippen LogP contribution in [0.5, 0.6) is 0 Å². The molecule has 0 aromatic carbocycles. The highest BCUT2D eigenvalue weighted by atomic mass is 28.4. The zero-order chi connectivity index (χ0) is 16.1. The van der Waals surface area contributed by atoms with Gasteiger partial charge in [-0.05, 0) is 26.1 Å². The molecule has 0 aromatic rings. The third-order valence-corrected chi connectivity index (χ3v) is 4.58. The van der Waals surface area contributed by atoms with Crippen molar-refractivity contribution in [3.05, 3.63) is 0 Å².